The first-order valence-electron chi connectivity index (χ1n) is 6.83. The van der Waals surface area contributed by atoms with Crippen LogP contribution >= 0.6 is 15.9 Å². The summed E-state index contributed by atoms with van der Waals surface area (Å²) >= 11 is 3.74. The van der Waals surface area contributed by atoms with Crippen molar-refractivity contribution in [2.75, 3.05) is 27.7 Å². The molecule has 0 saturated heterocycles. The Bertz CT molecular complexity index is 377. The number of aromatic nitrogens is 2. The molecule has 0 saturated carbocycles. The molecule has 1 atom stereocenters. The van der Waals surface area contributed by atoms with Gasteiger partial charge in [-0.2, -0.15) is 5.10 Å². The minimum Gasteiger partial charge on any atom is -0.493 e. The van der Waals surface area contributed by atoms with Gasteiger partial charge in [0.25, 0.3) is 0 Å². The van der Waals surface area contributed by atoms with Crippen LogP contribution in [-0.2, 0) is 13.0 Å². The van der Waals surface area contributed by atoms with Crippen LogP contribution in [0.3, 0.4) is 0 Å². The van der Waals surface area contributed by atoms with Crippen LogP contribution in [0.1, 0.15) is 26.0 Å². The molecule has 0 aliphatic carbocycles. The molecule has 5 heteroatoms. The van der Waals surface area contributed by atoms with Crippen molar-refractivity contribution in [1.82, 2.24) is 14.7 Å². The topological polar surface area (TPSA) is 30.3 Å². The predicted octanol–water partition coefficient (Wildman–Crippen LogP) is 2.81. The second-order valence-corrected chi connectivity index (χ2v) is 6.66. The summed E-state index contributed by atoms with van der Waals surface area (Å²) in [4.78, 5) is 2.70. The maximum Gasteiger partial charge on any atom is 0.159 e. The van der Waals surface area contributed by atoms with Crippen LogP contribution in [-0.4, -0.2) is 47.3 Å². The fraction of sp³-hybridized carbons (Fsp3) is 0.786. The Morgan fingerprint density at radius 3 is 2.63 bits per heavy atom. The van der Waals surface area contributed by atoms with Crippen molar-refractivity contribution in [2.45, 2.75) is 38.1 Å². The molecule has 4 nitrogen and oxygen atoms in total. The van der Waals surface area contributed by atoms with E-state index in [4.69, 9.17) is 4.74 Å². The van der Waals surface area contributed by atoms with Crippen molar-refractivity contribution in [2.24, 2.45) is 5.92 Å². The molecule has 0 fully saturated rings. The molecule has 0 aliphatic rings. The highest BCUT2D eigenvalue weighted by Gasteiger charge is 2.15. The van der Waals surface area contributed by atoms with Crippen LogP contribution in [0.5, 0.6) is 5.75 Å². The monoisotopic (exact) mass is 331 g/mol. The van der Waals surface area contributed by atoms with Crippen LogP contribution < -0.4 is 4.74 Å². The normalized spacial score (nSPS) is 13.3. The quantitative estimate of drug-likeness (QED) is 0.686. The number of hydrogen-bond acceptors (Lipinski definition) is 3. The highest BCUT2D eigenvalue weighted by Crippen LogP contribution is 2.23. The van der Waals surface area contributed by atoms with Crippen LogP contribution in [0.2, 0.25) is 0 Å². The summed E-state index contributed by atoms with van der Waals surface area (Å²) in [6.45, 7) is 6.36. The SMILES string of the molecule is COc1cnn(CCN(C)C)c1CCC(Br)C(C)C. The molecule has 1 rings (SSSR count). The zero-order valence-corrected chi connectivity index (χ0v) is 14.3. The Kier molecular flexibility index (Phi) is 6.86. The molecule has 110 valence electrons. The van der Waals surface area contributed by atoms with E-state index in [1.165, 1.54) is 5.69 Å². The van der Waals surface area contributed by atoms with Crippen LogP contribution in [0.15, 0.2) is 6.20 Å². The van der Waals surface area contributed by atoms with Gasteiger partial charge in [0.2, 0.25) is 0 Å². The minimum absolute atomic E-state index is 0.536. The van der Waals surface area contributed by atoms with Gasteiger partial charge in [0.05, 0.1) is 25.5 Å². The molecule has 1 aromatic heterocycles. The van der Waals surface area contributed by atoms with Gasteiger partial charge in [0.15, 0.2) is 5.75 Å². The number of ether oxygens (including phenoxy) is 1. The summed E-state index contributed by atoms with van der Waals surface area (Å²) in [6.07, 6.45) is 3.91. The molecule has 1 heterocycles. The van der Waals surface area contributed by atoms with E-state index in [9.17, 15) is 0 Å². The van der Waals surface area contributed by atoms with E-state index in [1.807, 2.05) is 6.20 Å². The van der Waals surface area contributed by atoms with Crippen LogP contribution in [0.25, 0.3) is 0 Å². The van der Waals surface area contributed by atoms with Crippen molar-refractivity contribution in [3.05, 3.63) is 11.9 Å². The third-order valence-electron chi connectivity index (χ3n) is 3.27. The van der Waals surface area contributed by atoms with Crippen molar-refractivity contribution in [1.29, 1.82) is 0 Å². The third kappa shape index (κ3) is 5.15. The number of likely N-dealkylation sites (N-methyl/N-ethyl adjacent to an activating group) is 1. The molecule has 1 aromatic rings. The van der Waals surface area contributed by atoms with Gasteiger partial charge in [-0.25, -0.2) is 0 Å². The Hall–Kier alpha value is -0.550. The van der Waals surface area contributed by atoms with Gasteiger partial charge >= 0.3 is 0 Å². The Balaban J connectivity index is 2.70. The van der Waals surface area contributed by atoms with Crippen molar-refractivity contribution < 1.29 is 4.74 Å². The summed E-state index contributed by atoms with van der Waals surface area (Å²) in [6, 6.07) is 0. The fourth-order valence-corrected chi connectivity index (χ4v) is 2.14. The van der Waals surface area contributed by atoms with E-state index in [1.54, 1.807) is 7.11 Å². The minimum atomic E-state index is 0.536. The van der Waals surface area contributed by atoms with Gasteiger partial charge < -0.3 is 9.64 Å². The largest absolute Gasteiger partial charge is 0.493 e. The lowest BCUT2D eigenvalue weighted by Crippen LogP contribution is -2.20. The summed E-state index contributed by atoms with van der Waals surface area (Å²) in [5.74, 6) is 1.55. The zero-order chi connectivity index (χ0) is 14.4. The first-order valence-corrected chi connectivity index (χ1v) is 7.74. The lowest BCUT2D eigenvalue weighted by molar-refractivity contribution is 0.364. The van der Waals surface area contributed by atoms with Gasteiger partial charge in [-0.05, 0) is 32.9 Å². The number of alkyl halides is 1. The molecule has 0 N–H and O–H groups in total. The smallest absolute Gasteiger partial charge is 0.159 e. The number of rotatable bonds is 8. The predicted molar refractivity (Wildman–Crippen MR) is 83.2 cm³/mol. The Morgan fingerprint density at radius 2 is 2.11 bits per heavy atom. The van der Waals surface area contributed by atoms with Crippen molar-refractivity contribution in [3.8, 4) is 5.75 Å². The van der Waals surface area contributed by atoms with E-state index in [0.29, 0.717) is 10.7 Å². The number of nitrogens with zero attached hydrogens (tertiary/aromatic N) is 3. The summed E-state index contributed by atoms with van der Waals surface area (Å²) in [5.41, 5.74) is 1.20. The summed E-state index contributed by atoms with van der Waals surface area (Å²) in [7, 11) is 5.87. The van der Waals surface area contributed by atoms with Gasteiger partial charge in [0, 0.05) is 11.4 Å². The van der Waals surface area contributed by atoms with Gasteiger partial charge in [-0.1, -0.05) is 29.8 Å². The number of methoxy groups -OCH3 is 1. The molecular weight excluding hydrogens is 306 g/mol. The van der Waals surface area contributed by atoms with E-state index >= 15 is 0 Å². The molecule has 0 aromatic carbocycles. The summed E-state index contributed by atoms with van der Waals surface area (Å²) in [5, 5.41) is 4.43. The van der Waals surface area contributed by atoms with Crippen molar-refractivity contribution >= 4 is 15.9 Å². The molecule has 0 spiro atoms. The standard InChI is InChI=1S/C14H26BrN3O/c1-11(2)12(15)6-7-13-14(19-5)10-16-18(13)9-8-17(3)4/h10-12H,6-9H2,1-5H3. The second kappa shape index (κ2) is 7.90. The first-order chi connectivity index (χ1) is 8.95. The average Bonchev–Trinajstić information content (AvgIpc) is 2.75. The molecular formula is C14H26BrN3O. The maximum absolute atomic E-state index is 5.41. The Morgan fingerprint density at radius 1 is 1.42 bits per heavy atom. The second-order valence-electron chi connectivity index (χ2n) is 5.48. The summed E-state index contributed by atoms with van der Waals surface area (Å²) < 4.78 is 7.48. The maximum atomic E-state index is 5.41. The molecule has 19 heavy (non-hydrogen) atoms. The Labute approximate surface area is 125 Å². The first kappa shape index (κ1) is 16.5. The highest BCUT2D eigenvalue weighted by molar-refractivity contribution is 9.09. The highest BCUT2D eigenvalue weighted by atomic mass is 79.9. The van der Waals surface area contributed by atoms with Gasteiger partial charge in [0.1, 0.15) is 0 Å². The zero-order valence-electron chi connectivity index (χ0n) is 12.7. The van der Waals surface area contributed by atoms with Gasteiger partial charge in [-0.15, -0.1) is 0 Å². The molecule has 0 aliphatic heterocycles. The van der Waals surface area contributed by atoms with Crippen molar-refractivity contribution in [3.63, 3.8) is 0 Å². The molecule has 0 amide bonds. The number of hydrogen-bond donors (Lipinski definition) is 0. The molecule has 0 radical (unpaired) electrons. The molecule has 1 unspecified atom stereocenters. The fourth-order valence-electron chi connectivity index (χ4n) is 1.91. The average molecular weight is 332 g/mol. The third-order valence-corrected chi connectivity index (χ3v) is 4.78. The lowest BCUT2D eigenvalue weighted by atomic mass is 10.0. The van der Waals surface area contributed by atoms with Crippen LogP contribution in [0, 0.1) is 5.92 Å². The van der Waals surface area contributed by atoms with E-state index in [-0.39, 0.29) is 0 Å². The van der Waals surface area contributed by atoms with E-state index < -0.39 is 0 Å². The molecule has 0 bridgehead atoms. The van der Waals surface area contributed by atoms with Crippen LogP contribution in [0.4, 0.5) is 0 Å². The van der Waals surface area contributed by atoms with E-state index in [0.717, 1.165) is 31.7 Å². The number of halogens is 1. The van der Waals surface area contributed by atoms with E-state index in [2.05, 4.69) is 58.6 Å². The lowest BCUT2D eigenvalue weighted by Gasteiger charge is -2.16. The van der Waals surface area contributed by atoms with Gasteiger partial charge in [-0.3, -0.25) is 4.68 Å².